The molecule has 104 valence electrons. The smallest absolute Gasteiger partial charge is 0.335 e. The highest BCUT2D eigenvalue weighted by molar-refractivity contribution is 7.14. The molecule has 0 amide bonds. The molecule has 1 aromatic heterocycles. The average molecular weight is 289 g/mol. The summed E-state index contributed by atoms with van der Waals surface area (Å²) < 4.78 is 5.70. The lowest BCUT2D eigenvalue weighted by Crippen LogP contribution is -2.02. The maximum Gasteiger partial charge on any atom is 0.335 e. The molecule has 1 aliphatic rings. The Morgan fingerprint density at radius 2 is 2.25 bits per heavy atom. The van der Waals surface area contributed by atoms with E-state index in [2.05, 4.69) is 4.98 Å². The van der Waals surface area contributed by atoms with E-state index in [4.69, 9.17) is 4.74 Å². The van der Waals surface area contributed by atoms with Crippen LogP contribution in [0.5, 0.6) is 5.75 Å². The topological polar surface area (TPSA) is 59.4 Å². The fraction of sp³-hybridized carbons (Fsp3) is 0.333. The number of hydrogen-bond donors (Lipinski definition) is 1. The number of nitrogens with zero attached hydrogens (tertiary/aromatic N) is 1. The van der Waals surface area contributed by atoms with Crippen molar-refractivity contribution in [1.29, 1.82) is 0 Å². The van der Waals surface area contributed by atoms with E-state index in [-0.39, 0.29) is 5.56 Å². The zero-order valence-corrected chi connectivity index (χ0v) is 11.9. The third kappa shape index (κ3) is 2.99. The van der Waals surface area contributed by atoms with Crippen molar-refractivity contribution >= 4 is 17.3 Å². The summed E-state index contributed by atoms with van der Waals surface area (Å²) in [5, 5.41) is 10.0. The molecule has 0 radical (unpaired) electrons. The Kier molecular flexibility index (Phi) is 3.44. The van der Waals surface area contributed by atoms with Gasteiger partial charge >= 0.3 is 5.97 Å². The van der Waals surface area contributed by atoms with Crippen molar-refractivity contribution in [1.82, 2.24) is 4.98 Å². The Morgan fingerprint density at radius 3 is 2.85 bits per heavy atom. The highest BCUT2D eigenvalue weighted by atomic mass is 32.1. The van der Waals surface area contributed by atoms with Gasteiger partial charge in [-0.25, -0.2) is 9.78 Å². The Bertz CT molecular complexity index is 646. The molecule has 0 unspecified atom stereocenters. The van der Waals surface area contributed by atoms with Gasteiger partial charge in [-0.15, -0.1) is 11.3 Å². The van der Waals surface area contributed by atoms with Crippen LogP contribution in [0.2, 0.25) is 0 Å². The van der Waals surface area contributed by atoms with Gasteiger partial charge in [0.05, 0.1) is 12.2 Å². The Balaban J connectivity index is 1.92. The molecule has 0 atom stereocenters. The first-order chi connectivity index (χ1) is 9.61. The molecule has 0 bridgehead atoms. The highest BCUT2D eigenvalue weighted by Gasteiger charge is 2.22. The van der Waals surface area contributed by atoms with Crippen LogP contribution >= 0.6 is 11.3 Å². The second-order valence-electron chi connectivity index (χ2n) is 5.08. The molecular formula is C15H15NO3S. The van der Waals surface area contributed by atoms with Crippen LogP contribution in [-0.2, 0) is 0 Å². The molecule has 4 nitrogen and oxygen atoms in total. The van der Waals surface area contributed by atoms with Gasteiger partial charge in [0.2, 0.25) is 0 Å². The van der Waals surface area contributed by atoms with Gasteiger partial charge in [-0.3, -0.25) is 0 Å². The summed E-state index contributed by atoms with van der Waals surface area (Å²) in [6.07, 6.45) is 4.20. The molecule has 0 saturated heterocycles. The number of aromatic nitrogens is 1. The van der Waals surface area contributed by atoms with E-state index >= 15 is 0 Å². The predicted molar refractivity (Wildman–Crippen MR) is 77.5 cm³/mol. The Hall–Kier alpha value is -1.88. The van der Waals surface area contributed by atoms with E-state index in [1.54, 1.807) is 29.7 Å². The number of carboxylic acid groups (broad SMARTS) is 1. The number of rotatable bonds is 5. The number of hydrogen-bond acceptors (Lipinski definition) is 4. The van der Waals surface area contributed by atoms with Gasteiger partial charge in [-0.05, 0) is 43.9 Å². The monoisotopic (exact) mass is 289 g/mol. The fourth-order valence-electron chi connectivity index (χ4n) is 1.92. The zero-order valence-electron chi connectivity index (χ0n) is 11.1. The molecule has 1 fully saturated rings. The molecular weight excluding hydrogens is 274 g/mol. The van der Waals surface area contributed by atoms with Crippen LogP contribution in [0.3, 0.4) is 0 Å². The second kappa shape index (κ2) is 5.25. The SMILES string of the molecule is Cc1cnc(-c2cc(OCC3CC3)cc(C(=O)O)c2)s1. The number of thiazole rings is 1. The van der Waals surface area contributed by atoms with Gasteiger partial charge in [0.1, 0.15) is 10.8 Å². The number of carboxylic acids is 1. The van der Waals surface area contributed by atoms with Gasteiger partial charge < -0.3 is 9.84 Å². The standard InChI is InChI=1S/C15H15NO3S/c1-9-7-16-14(20-9)11-4-12(15(17)18)6-13(5-11)19-8-10-2-3-10/h4-7,10H,2-3,8H2,1H3,(H,17,18). The van der Waals surface area contributed by atoms with Crippen LogP contribution in [0, 0.1) is 12.8 Å². The Labute approximate surface area is 121 Å². The number of carbonyl (C=O) groups is 1. The summed E-state index contributed by atoms with van der Waals surface area (Å²) in [4.78, 5) is 16.6. The van der Waals surface area contributed by atoms with E-state index in [0.717, 1.165) is 15.4 Å². The lowest BCUT2D eigenvalue weighted by Gasteiger charge is -2.08. The first-order valence-corrected chi connectivity index (χ1v) is 7.37. The molecule has 20 heavy (non-hydrogen) atoms. The van der Waals surface area contributed by atoms with E-state index < -0.39 is 5.97 Å². The lowest BCUT2D eigenvalue weighted by atomic mass is 10.1. The van der Waals surface area contributed by atoms with Gasteiger partial charge in [0.15, 0.2) is 0 Å². The minimum atomic E-state index is -0.948. The van der Waals surface area contributed by atoms with Crippen LogP contribution in [0.15, 0.2) is 24.4 Å². The molecule has 1 aromatic carbocycles. The third-order valence-electron chi connectivity index (χ3n) is 3.20. The van der Waals surface area contributed by atoms with E-state index in [1.807, 2.05) is 13.0 Å². The van der Waals surface area contributed by atoms with Crippen molar-refractivity contribution in [3.63, 3.8) is 0 Å². The zero-order chi connectivity index (χ0) is 14.1. The third-order valence-corrected chi connectivity index (χ3v) is 4.17. The van der Waals surface area contributed by atoms with E-state index in [1.165, 1.54) is 12.8 Å². The molecule has 0 aliphatic heterocycles. The molecule has 3 rings (SSSR count). The van der Waals surface area contributed by atoms with Crippen molar-refractivity contribution in [2.75, 3.05) is 6.61 Å². The quantitative estimate of drug-likeness (QED) is 0.913. The van der Waals surface area contributed by atoms with E-state index in [9.17, 15) is 9.90 Å². The van der Waals surface area contributed by atoms with Crippen molar-refractivity contribution in [2.24, 2.45) is 5.92 Å². The number of ether oxygens (including phenoxy) is 1. The molecule has 1 aliphatic carbocycles. The minimum Gasteiger partial charge on any atom is -0.493 e. The second-order valence-corrected chi connectivity index (χ2v) is 6.32. The van der Waals surface area contributed by atoms with E-state index in [0.29, 0.717) is 18.3 Å². The van der Waals surface area contributed by atoms with Crippen molar-refractivity contribution < 1.29 is 14.6 Å². The first-order valence-electron chi connectivity index (χ1n) is 6.56. The fourth-order valence-corrected chi connectivity index (χ4v) is 2.67. The maximum absolute atomic E-state index is 11.2. The van der Waals surface area contributed by atoms with Crippen LogP contribution in [-0.4, -0.2) is 22.7 Å². The lowest BCUT2D eigenvalue weighted by molar-refractivity contribution is 0.0696. The van der Waals surface area contributed by atoms with Gasteiger partial charge in [-0.2, -0.15) is 0 Å². The summed E-state index contributed by atoms with van der Waals surface area (Å²) in [6.45, 7) is 2.64. The molecule has 5 heteroatoms. The summed E-state index contributed by atoms with van der Waals surface area (Å²) in [7, 11) is 0. The van der Waals surface area contributed by atoms with Gasteiger partial charge in [0, 0.05) is 16.6 Å². The highest BCUT2D eigenvalue weighted by Crippen LogP contribution is 2.32. The maximum atomic E-state index is 11.2. The summed E-state index contributed by atoms with van der Waals surface area (Å²) in [5.41, 5.74) is 1.04. The van der Waals surface area contributed by atoms with Crippen LogP contribution < -0.4 is 4.74 Å². The number of benzene rings is 1. The predicted octanol–water partition coefficient (Wildman–Crippen LogP) is 3.61. The average Bonchev–Trinajstić information content (AvgIpc) is 3.16. The van der Waals surface area contributed by atoms with Crippen LogP contribution in [0.4, 0.5) is 0 Å². The summed E-state index contributed by atoms with van der Waals surface area (Å²) >= 11 is 1.55. The Morgan fingerprint density at radius 1 is 1.45 bits per heavy atom. The molecule has 1 N–H and O–H groups in total. The first kappa shape index (κ1) is 13.1. The molecule has 1 saturated carbocycles. The molecule has 1 heterocycles. The number of aromatic carboxylic acids is 1. The largest absolute Gasteiger partial charge is 0.493 e. The normalized spacial score (nSPS) is 14.2. The minimum absolute atomic E-state index is 0.237. The van der Waals surface area contributed by atoms with Crippen molar-refractivity contribution in [2.45, 2.75) is 19.8 Å². The van der Waals surface area contributed by atoms with Crippen molar-refractivity contribution in [3.8, 4) is 16.3 Å². The van der Waals surface area contributed by atoms with Crippen LogP contribution in [0.25, 0.3) is 10.6 Å². The number of aryl methyl sites for hydroxylation is 1. The van der Waals surface area contributed by atoms with Crippen molar-refractivity contribution in [3.05, 3.63) is 34.8 Å². The van der Waals surface area contributed by atoms with Crippen LogP contribution in [0.1, 0.15) is 28.1 Å². The summed E-state index contributed by atoms with van der Waals surface area (Å²) in [5.74, 6) is 0.296. The molecule has 2 aromatic rings. The van der Waals surface area contributed by atoms with Gasteiger partial charge in [0.25, 0.3) is 0 Å². The van der Waals surface area contributed by atoms with Gasteiger partial charge in [-0.1, -0.05) is 0 Å². The molecule has 0 spiro atoms. The summed E-state index contributed by atoms with van der Waals surface area (Å²) in [6, 6.07) is 5.09.